The van der Waals surface area contributed by atoms with E-state index < -0.39 is 5.60 Å². The van der Waals surface area contributed by atoms with Crippen molar-refractivity contribution < 1.29 is 4.74 Å². The zero-order chi connectivity index (χ0) is 17.3. The fourth-order valence-corrected chi connectivity index (χ4v) is 3.08. The molecule has 0 spiro atoms. The van der Waals surface area contributed by atoms with E-state index in [4.69, 9.17) is 4.74 Å². The van der Waals surface area contributed by atoms with Crippen molar-refractivity contribution in [1.82, 2.24) is 4.90 Å². The van der Waals surface area contributed by atoms with Crippen LogP contribution in [0.15, 0.2) is 72.8 Å². The van der Waals surface area contributed by atoms with E-state index in [2.05, 4.69) is 98.6 Å². The lowest BCUT2D eigenvalue weighted by Crippen LogP contribution is -2.36. The number of benzene rings is 2. The molecule has 0 unspecified atom stereocenters. The summed E-state index contributed by atoms with van der Waals surface area (Å²) in [6.45, 7) is 6.75. The molecular formula is C22H29NO. The minimum absolute atomic E-state index is 0.401. The first-order chi connectivity index (χ1) is 11.7. The Hall–Kier alpha value is -1.90. The average molecular weight is 323 g/mol. The molecule has 0 N–H and O–H groups in total. The van der Waals surface area contributed by atoms with E-state index in [1.165, 1.54) is 11.1 Å². The minimum atomic E-state index is -0.401. The van der Waals surface area contributed by atoms with Gasteiger partial charge in [0.1, 0.15) is 5.60 Å². The average Bonchev–Trinajstić information content (AvgIpc) is 2.65. The molecule has 2 heteroatoms. The molecule has 0 saturated carbocycles. The summed E-state index contributed by atoms with van der Waals surface area (Å²) in [4.78, 5) is 2.33. The van der Waals surface area contributed by atoms with Gasteiger partial charge in [0.05, 0.1) is 0 Å². The van der Waals surface area contributed by atoms with Gasteiger partial charge in [-0.3, -0.25) is 0 Å². The van der Waals surface area contributed by atoms with E-state index in [0.717, 1.165) is 19.5 Å². The molecule has 0 amide bonds. The first-order valence-corrected chi connectivity index (χ1v) is 8.77. The fourth-order valence-electron chi connectivity index (χ4n) is 3.08. The van der Waals surface area contributed by atoms with Crippen LogP contribution in [-0.2, 0) is 10.3 Å². The summed E-state index contributed by atoms with van der Waals surface area (Å²) in [6.07, 6.45) is 5.21. The maximum Gasteiger partial charge on any atom is 0.119 e. The Morgan fingerprint density at radius 3 is 1.96 bits per heavy atom. The molecule has 0 aliphatic heterocycles. The molecule has 0 heterocycles. The van der Waals surface area contributed by atoms with Gasteiger partial charge in [-0.15, -0.1) is 0 Å². The SMILES string of the molecule is C/C=C/CN(C)CCC(OCC)(c1ccccc1)c1ccccc1. The fraction of sp³-hybridized carbons (Fsp3) is 0.364. The highest BCUT2D eigenvalue weighted by Gasteiger charge is 2.34. The van der Waals surface area contributed by atoms with Crippen LogP contribution >= 0.6 is 0 Å². The van der Waals surface area contributed by atoms with Crippen LogP contribution in [0.1, 0.15) is 31.4 Å². The zero-order valence-corrected chi connectivity index (χ0v) is 15.1. The van der Waals surface area contributed by atoms with Crippen molar-refractivity contribution in [3.05, 3.63) is 83.9 Å². The summed E-state index contributed by atoms with van der Waals surface area (Å²) in [5, 5.41) is 0. The normalized spacial score (nSPS) is 12.2. The molecule has 2 nitrogen and oxygen atoms in total. The topological polar surface area (TPSA) is 12.5 Å². The van der Waals surface area contributed by atoms with Crippen LogP contribution in [0, 0.1) is 0 Å². The zero-order valence-electron chi connectivity index (χ0n) is 15.1. The third kappa shape index (κ3) is 4.56. The monoisotopic (exact) mass is 323 g/mol. The molecule has 2 aromatic carbocycles. The molecule has 24 heavy (non-hydrogen) atoms. The van der Waals surface area contributed by atoms with Crippen molar-refractivity contribution >= 4 is 0 Å². The van der Waals surface area contributed by atoms with Crippen LogP contribution in [0.5, 0.6) is 0 Å². The van der Waals surface area contributed by atoms with Gasteiger partial charge >= 0.3 is 0 Å². The molecule has 0 aliphatic carbocycles. The van der Waals surface area contributed by atoms with Crippen LogP contribution in [0.2, 0.25) is 0 Å². The Morgan fingerprint density at radius 1 is 0.958 bits per heavy atom. The molecule has 0 saturated heterocycles. The van der Waals surface area contributed by atoms with E-state index in [0.29, 0.717) is 6.61 Å². The number of ether oxygens (including phenoxy) is 1. The Morgan fingerprint density at radius 2 is 1.50 bits per heavy atom. The third-order valence-electron chi connectivity index (χ3n) is 4.37. The maximum atomic E-state index is 6.41. The number of nitrogens with zero attached hydrogens (tertiary/aromatic N) is 1. The number of hydrogen-bond acceptors (Lipinski definition) is 2. The Kier molecular flexibility index (Phi) is 7.23. The number of rotatable bonds is 9. The predicted molar refractivity (Wildman–Crippen MR) is 102 cm³/mol. The highest BCUT2D eigenvalue weighted by molar-refractivity contribution is 5.36. The summed E-state index contributed by atoms with van der Waals surface area (Å²) in [6, 6.07) is 21.2. The third-order valence-corrected chi connectivity index (χ3v) is 4.37. The smallest absolute Gasteiger partial charge is 0.119 e. The second kappa shape index (κ2) is 9.41. The molecule has 0 atom stereocenters. The van der Waals surface area contributed by atoms with Crippen molar-refractivity contribution in [2.45, 2.75) is 25.9 Å². The summed E-state index contributed by atoms with van der Waals surface area (Å²) in [5.41, 5.74) is 2.04. The summed E-state index contributed by atoms with van der Waals surface area (Å²) < 4.78 is 6.41. The van der Waals surface area contributed by atoms with Gasteiger partial charge in [0.25, 0.3) is 0 Å². The van der Waals surface area contributed by atoms with E-state index >= 15 is 0 Å². The van der Waals surface area contributed by atoms with Gasteiger partial charge in [0.2, 0.25) is 0 Å². The minimum Gasteiger partial charge on any atom is -0.366 e. The number of allylic oxidation sites excluding steroid dienone is 1. The van der Waals surface area contributed by atoms with Gasteiger partial charge < -0.3 is 9.64 Å². The number of likely N-dealkylation sites (N-methyl/N-ethyl adjacent to an activating group) is 1. The standard InChI is InChI=1S/C22H29NO/c1-4-6-18-23(3)19-17-22(24-5-2,20-13-9-7-10-14-20)21-15-11-8-12-16-21/h4,6-16H,5,17-19H2,1-3H3/b6-4+. The van der Waals surface area contributed by atoms with Crippen LogP contribution in [0.4, 0.5) is 0 Å². The summed E-state index contributed by atoms with van der Waals surface area (Å²) in [5.74, 6) is 0. The van der Waals surface area contributed by atoms with Crippen LogP contribution in [0.3, 0.4) is 0 Å². The van der Waals surface area contributed by atoms with Gasteiger partial charge in [0.15, 0.2) is 0 Å². The van der Waals surface area contributed by atoms with E-state index in [1.807, 2.05) is 0 Å². The summed E-state index contributed by atoms with van der Waals surface area (Å²) in [7, 11) is 2.16. The van der Waals surface area contributed by atoms with Crippen molar-refractivity contribution in [2.24, 2.45) is 0 Å². The molecule has 2 rings (SSSR count). The van der Waals surface area contributed by atoms with Crippen LogP contribution in [-0.4, -0.2) is 31.6 Å². The predicted octanol–water partition coefficient (Wildman–Crippen LogP) is 4.86. The van der Waals surface area contributed by atoms with Gasteiger partial charge in [0, 0.05) is 19.7 Å². The first-order valence-electron chi connectivity index (χ1n) is 8.77. The molecule has 0 fully saturated rings. The quantitative estimate of drug-likeness (QED) is 0.611. The lowest BCUT2D eigenvalue weighted by Gasteiger charge is -2.36. The second-order valence-electron chi connectivity index (χ2n) is 6.07. The Labute approximate surface area is 146 Å². The molecule has 2 aromatic rings. The number of hydrogen-bond donors (Lipinski definition) is 0. The van der Waals surface area contributed by atoms with Gasteiger partial charge in [-0.2, -0.15) is 0 Å². The molecule has 0 aromatic heterocycles. The largest absolute Gasteiger partial charge is 0.366 e. The van der Waals surface area contributed by atoms with E-state index in [-0.39, 0.29) is 0 Å². The lowest BCUT2D eigenvalue weighted by molar-refractivity contribution is -0.0221. The molecule has 128 valence electrons. The lowest BCUT2D eigenvalue weighted by atomic mass is 9.83. The van der Waals surface area contributed by atoms with Crippen molar-refractivity contribution in [1.29, 1.82) is 0 Å². The van der Waals surface area contributed by atoms with Crippen molar-refractivity contribution in [2.75, 3.05) is 26.7 Å². The first kappa shape index (κ1) is 18.4. The van der Waals surface area contributed by atoms with Gasteiger partial charge in [-0.1, -0.05) is 72.8 Å². The molecule has 0 radical (unpaired) electrons. The summed E-state index contributed by atoms with van der Waals surface area (Å²) >= 11 is 0. The second-order valence-corrected chi connectivity index (χ2v) is 6.07. The highest BCUT2D eigenvalue weighted by Crippen LogP contribution is 2.37. The molecular weight excluding hydrogens is 294 g/mol. The molecule has 0 aliphatic rings. The van der Waals surface area contributed by atoms with Gasteiger partial charge in [-0.05, 0) is 38.4 Å². The van der Waals surface area contributed by atoms with Crippen LogP contribution < -0.4 is 0 Å². The van der Waals surface area contributed by atoms with Crippen molar-refractivity contribution in [3.63, 3.8) is 0 Å². The highest BCUT2D eigenvalue weighted by atomic mass is 16.5. The molecule has 0 bridgehead atoms. The maximum absolute atomic E-state index is 6.41. The van der Waals surface area contributed by atoms with Crippen molar-refractivity contribution in [3.8, 4) is 0 Å². The van der Waals surface area contributed by atoms with Crippen LogP contribution in [0.25, 0.3) is 0 Å². The van der Waals surface area contributed by atoms with Gasteiger partial charge in [-0.25, -0.2) is 0 Å². The Bertz CT molecular complexity index is 567. The van der Waals surface area contributed by atoms with E-state index in [9.17, 15) is 0 Å². The van der Waals surface area contributed by atoms with E-state index in [1.54, 1.807) is 0 Å². The Balaban J connectivity index is 2.35.